The summed E-state index contributed by atoms with van der Waals surface area (Å²) >= 11 is 13.8. The van der Waals surface area contributed by atoms with Crippen molar-refractivity contribution in [1.29, 1.82) is 0 Å². The Bertz CT molecular complexity index is 295. The van der Waals surface area contributed by atoms with Gasteiger partial charge in [-0.3, -0.25) is 0 Å². The largest absolute Gasteiger partial charge is 0.0827 e. The van der Waals surface area contributed by atoms with Crippen LogP contribution < -0.4 is 0 Å². The van der Waals surface area contributed by atoms with Gasteiger partial charge >= 0.3 is 0 Å². The first-order valence-corrected chi connectivity index (χ1v) is 5.43. The third-order valence-electron chi connectivity index (χ3n) is 1.43. The molecule has 1 rings (SSSR count). The van der Waals surface area contributed by atoms with Crippen molar-refractivity contribution in [3.63, 3.8) is 0 Å². The van der Waals surface area contributed by atoms with Gasteiger partial charge in [-0.05, 0) is 28.2 Å². The molecular weight excluding hydrogens is 306 g/mol. The monoisotopic (exact) mass is 312 g/mol. The maximum Gasteiger partial charge on any atom is 0.0595 e. The Morgan fingerprint density at radius 1 is 1.25 bits per heavy atom. The summed E-state index contributed by atoms with van der Waals surface area (Å²) in [5, 5.41) is 1.23. The molecule has 12 heavy (non-hydrogen) atoms. The lowest BCUT2D eigenvalue weighted by Gasteiger charge is -1.98. The molecule has 0 N–H and O–H groups in total. The van der Waals surface area contributed by atoms with E-state index in [2.05, 4.69) is 28.7 Å². The highest BCUT2D eigenvalue weighted by atomic mass is 127. The zero-order valence-electron chi connectivity index (χ0n) is 6.23. The highest BCUT2D eigenvalue weighted by Crippen LogP contribution is 2.22. The molecule has 0 nitrogen and oxygen atoms in total. The minimum Gasteiger partial charge on any atom is -0.0827 e. The maximum atomic E-state index is 5.83. The standard InChI is InChI=1S/C9H7Cl2I/c10-8-4-3-7(2-1-5-12)6-9(8)11/h1,3-6H,2H2/b5-1+. The Morgan fingerprint density at radius 2 is 2.00 bits per heavy atom. The second-order valence-electron chi connectivity index (χ2n) is 2.31. The van der Waals surface area contributed by atoms with Gasteiger partial charge in [-0.25, -0.2) is 0 Å². The summed E-state index contributed by atoms with van der Waals surface area (Å²) in [7, 11) is 0. The van der Waals surface area contributed by atoms with Gasteiger partial charge in [-0.15, -0.1) is 0 Å². The van der Waals surface area contributed by atoms with Crippen LogP contribution in [0, 0.1) is 0 Å². The van der Waals surface area contributed by atoms with Crippen LogP contribution in [0.5, 0.6) is 0 Å². The lowest BCUT2D eigenvalue weighted by molar-refractivity contribution is 1.28. The molecule has 0 atom stereocenters. The topological polar surface area (TPSA) is 0 Å². The minimum absolute atomic E-state index is 0.610. The molecule has 0 fully saturated rings. The molecule has 64 valence electrons. The van der Waals surface area contributed by atoms with Crippen molar-refractivity contribution in [3.05, 3.63) is 44.0 Å². The van der Waals surface area contributed by atoms with Gasteiger partial charge < -0.3 is 0 Å². The number of allylic oxidation sites excluding steroid dienone is 1. The average Bonchev–Trinajstić information content (AvgIpc) is 2.07. The van der Waals surface area contributed by atoms with Gasteiger partial charge in [0.15, 0.2) is 0 Å². The van der Waals surface area contributed by atoms with Crippen molar-refractivity contribution in [3.8, 4) is 0 Å². The van der Waals surface area contributed by atoms with E-state index in [0.29, 0.717) is 10.0 Å². The molecule has 0 amide bonds. The molecule has 3 heteroatoms. The van der Waals surface area contributed by atoms with Crippen LogP contribution in [0.1, 0.15) is 5.56 Å². The molecule has 0 radical (unpaired) electrons. The summed E-state index contributed by atoms with van der Waals surface area (Å²) in [4.78, 5) is 0. The average molecular weight is 313 g/mol. The molecule has 0 aliphatic carbocycles. The van der Waals surface area contributed by atoms with Gasteiger partial charge in [0, 0.05) is 0 Å². The van der Waals surface area contributed by atoms with Crippen LogP contribution in [-0.4, -0.2) is 0 Å². The maximum absolute atomic E-state index is 5.83. The number of halogens is 3. The molecule has 0 aliphatic heterocycles. The van der Waals surface area contributed by atoms with Crippen LogP contribution in [0.2, 0.25) is 10.0 Å². The van der Waals surface area contributed by atoms with Gasteiger partial charge in [0.05, 0.1) is 10.0 Å². The normalized spacial score (nSPS) is 10.9. The van der Waals surface area contributed by atoms with Crippen molar-refractivity contribution in [2.24, 2.45) is 0 Å². The molecule has 0 saturated heterocycles. The molecule has 0 unspecified atom stereocenters. The highest BCUT2D eigenvalue weighted by Gasteiger charge is 1.97. The molecule has 0 spiro atoms. The predicted octanol–water partition coefficient (Wildman–Crippen LogP) is 4.48. The van der Waals surface area contributed by atoms with E-state index in [4.69, 9.17) is 23.2 Å². The van der Waals surface area contributed by atoms with Crippen molar-refractivity contribution < 1.29 is 0 Å². The lowest BCUT2D eigenvalue weighted by Crippen LogP contribution is -1.80. The van der Waals surface area contributed by atoms with Crippen molar-refractivity contribution >= 4 is 45.8 Å². The summed E-state index contributed by atoms with van der Waals surface area (Å²) in [5.41, 5.74) is 1.18. The van der Waals surface area contributed by atoms with Gasteiger partial charge in [0.25, 0.3) is 0 Å². The molecule has 0 aromatic heterocycles. The minimum atomic E-state index is 0.610. The molecule has 1 aromatic carbocycles. The second kappa shape index (κ2) is 5.10. The Labute approximate surface area is 95.7 Å². The Morgan fingerprint density at radius 3 is 2.58 bits per heavy atom. The first kappa shape index (κ1) is 10.4. The van der Waals surface area contributed by atoms with Crippen molar-refractivity contribution in [1.82, 2.24) is 0 Å². The first-order chi connectivity index (χ1) is 5.74. The Hall–Kier alpha value is 0.270. The molecule has 0 bridgehead atoms. The second-order valence-corrected chi connectivity index (χ2v) is 3.85. The van der Waals surface area contributed by atoms with Crippen molar-refractivity contribution in [2.75, 3.05) is 0 Å². The molecule has 1 aromatic rings. The fourth-order valence-corrected chi connectivity index (χ4v) is 1.42. The van der Waals surface area contributed by atoms with Crippen LogP contribution in [0.3, 0.4) is 0 Å². The highest BCUT2D eigenvalue weighted by molar-refractivity contribution is 14.1. The smallest absolute Gasteiger partial charge is 0.0595 e. The van der Waals surface area contributed by atoms with Gasteiger partial charge in [0.1, 0.15) is 0 Å². The fourth-order valence-electron chi connectivity index (χ4n) is 0.847. The summed E-state index contributed by atoms with van der Waals surface area (Å²) in [6.07, 6.45) is 2.97. The Balaban J connectivity index is 2.82. The quantitative estimate of drug-likeness (QED) is 0.706. The fraction of sp³-hybridized carbons (Fsp3) is 0.111. The van der Waals surface area contributed by atoms with Gasteiger partial charge in [-0.1, -0.05) is 57.9 Å². The van der Waals surface area contributed by atoms with E-state index in [1.165, 1.54) is 5.56 Å². The summed E-state index contributed by atoms with van der Waals surface area (Å²) < 4.78 is 1.99. The molecule has 0 saturated carbocycles. The molecule has 0 aliphatic rings. The van der Waals surface area contributed by atoms with E-state index < -0.39 is 0 Å². The predicted molar refractivity (Wildman–Crippen MR) is 63.3 cm³/mol. The zero-order chi connectivity index (χ0) is 8.97. The van der Waals surface area contributed by atoms with Gasteiger partial charge in [-0.2, -0.15) is 0 Å². The van der Waals surface area contributed by atoms with Crippen LogP contribution in [0.25, 0.3) is 0 Å². The Kier molecular flexibility index (Phi) is 4.40. The van der Waals surface area contributed by atoms with E-state index in [9.17, 15) is 0 Å². The van der Waals surface area contributed by atoms with E-state index in [-0.39, 0.29) is 0 Å². The van der Waals surface area contributed by atoms with E-state index in [0.717, 1.165) is 6.42 Å². The van der Waals surface area contributed by atoms with Crippen LogP contribution in [-0.2, 0) is 6.42 Å². The third-order valence-corrected chi connectivity index (χ3v) is 2.67. The van der Waals surface area contributed by atoms with Crippen LogP contribution >= 0.6 is 45.8 Å². The lowest BCUT2D eigenvalue weighted by atomic mass is 10.1. The van der Waals surface area contributed by atoms with Gasteiger partial charge in [0.2, 0.25) is 0 Å². The zero-order valence-corrected chi connectivity index (χ0v) is 9.90. The summed E-state index contributed by atoms with van der Waals surface area (Å²) in [6.45, 7) is 0. The van der Waals surface area contributed by atoms with E-state index in [1.54, 1.807) is 0 Å². The summed E-state index contributed by atoms with van der Waals surface area (Å²) in [5.74, 6) is 0. The van der Waals surface area contributed by atoms with Crippen LogP contribution in [0.15, 0.2) is 28.4 Å². The molecule has 0 heterocycles. The molecular formula is C9H7Cl2I. The summed E-state index contributed by atoms with van der Waals surface area (Å²) in [6, 6.07) is 5.69. The number of hydrogen-bond donors (Lipinski definition) is 0. The first-order valence-electron chi connectivity index (χ1n) is 3.43. The number of rotatable bonds is 2. The SMILES string of the molecule is Clc1ccc(C/C=C/I)cc1Cl. The van der Waals surface area contributed by atoms with E-state index in [1.807, 2.05) is 22.3 Å². The van der Waals surface area contributed by atoms with E-state index >= 15 is 0 Å². The number of benzene rings is 1. The van der Waals surface area contributed by atoms with Crippen molar-refractivity contribution in [2.45, 2.75) is 6.42 Å². The number of hydrogen-bond acceptors (Lipinski definition) is 0. The third kappa shape index (κ3) is 2.96. The van der Waals surface area contributed by atoms with Crippen LogP contribution in [0.4, 0.5) is 0 Å².